The molecule has 1 atom stereocenters. The van der Waals surface area contributed by atoms with Gasteiger partial charge in [0.1, 0.15) is 0 Å². The van der Waals surface area contributed by atoms with Gasteiger partial charge < -0.3 is 20.5 Å². The molecule has 1 aliphatic rings. The second-order valence-corrected chi connectivity index (χ2v) is 6.02. The predicted octanol–water partition coefficient (Wildman–Crippen LogP) is 3.43. The summed E-state index contributed by atoms with van der Waals surface area (Å²) in [6, 6.07) is 11.6. The Bertz CT molecular complexity index is 758. The number of ether oxygens (including phenoxy) is 2. The van der Waals surface area contributed by atoms with Gasteiger partial charge in [0.2, 0.25) is 5.91 Å². The highest BCUT2D eigenvalue weighted by atomic mass is 16.5. The van der Waals surface area contributed by atoms with Crippen molar-refractivity contribution in [1.82, 2.24) is 0 Å². The summed E-state index contributed by atoms with van der Waals surface area (Å²) in [6.45, 7) is 5.32. The maximum atomic E-state index is 11.3. The molecule has 1 unspecified atom stereocenters. The molecule has 0 saturated carbocycles. The molecule has 1 aliphatic heterocycles. The minimum atomic E-state index is -0.407. The van der Waals surface area contributed by atoms with Crippen LogP contribution in [0.25, 0.3) is 0 Å². The molecule has 3 N–H and O–H groups in total. The minimum Gasteiger partial charge on any atom is -0.490 e. The largest absolute Gasteiger partial charge is 0.490 e. The van der Waals surface area contributed by atoms with Crippen LogP contribution in [0.1, 0.15) is 40.9 Å². The lowest BCUT2D eigenvalue weighted by atomic mass is 10.0. The summed E-state index contributed by atoms with van der Waals surface area (Å²) < 4.78 is 11.4. The summed E-state index contributed by atoms with van der Waals surface area (Å²) >= 11 is 0. The number of carbonyl (C=O) groups is 1. The average molecular weight is 326 g/mol. The number of carbonyl (C=O) groups excluding carboxylic acids is 1. The van der Waals surface area contributed by atoms with Crippen LogP contribution in [0.4, 0.5) is 5.69 Å². The molecule has 1 amide bonds. The molecule has 0 aromatic heterocycles. The van der Waals surface area contributed by atoms with Crippen LogP contribution in [-0.2, 0) is 0 Å². The minimum absolute atomic E-state index is 0.0842. The Labute approximate surface area is 141 Å². The third-order valence-electron chi connectivity index (χ3n) is 4.15. The molecule has 24 heavy (non-hydrogen) atoms. The first-order valence-electron chi connectivity index (χ1n) is 8.11. The molecule has 2 aromatic carbocycles. The molecule has 5 nitrogen and oxygen atoms in total. The average Bonchev–Trinajstić information content (AvgIpc) is 2.79. The van der Waals surface area contributed by atoms with Gasteiger partial charge in [-0.1, -0.05) is 6.07 Å². The van der Waals surface area contributed by atoms with Crippen LogP contribution in [0.5, 0.6) is 11.5 Å². The van der Waals surface area contributed by atoms with Crippen molar-refractivity contribution in [1.29, 1.82) is 0 Å². The van der Waals surface area contributed by atoms with Gasteiger partial charge in [0, 0.05) is 23.7 Å². The number of nitrogens with two attached hydrogens (primary N) is 1. The SMILES string of the molecule is Cc1cc(NC(C)c2ccc3c(c2)OCCCO3)ccc1C(N)=O. The normalized spacial score (nSPS) is 14.6. The van der Waals surface area contributed by atoms with Crippen molar-refractivity contribution >= 4 is 11.6 Å². The van der Waals surface area contributed by atoms with Gasteiger partial charge in [-0.2, -0.15) is 0 Å². The van der Waals surface area contributed by atoms with Gasteiger partial charge in [0.15, 0.2) is 11.5 Å². The molecule has 0 saturated heterocycles. The number of anilines is 1. The smallest absolute Gasteiger partial charge is 0.248 e. The van der Waals surface area contributed by atoms with Crippen LogP contribution in [0.2, 0.25) is 0 Å². The molecule has 2 aromatic rings. The molecular weight excluding hydrogens is 304 g/mol. The Morgan fingerprint density at radius 1 is 1.12 bits per heavy atom. The van der Waals surface area contributed by atoms with Crippen LogP contribution in [-0.4, -0.2) is 19.1 Å². The lowest BCUT2D eigenvalue weighted by Gasteiger charge is -2.18. The van der Waals surface area contributed by atoms with Crippen LogP contribution >= 0.6 is 0 Å². The van der Waals surface area contributed by atoms with Crippen LogP contribution in [0.15, 0.2) is 36.4 Å². The fourth-order valence-electron chi connectivity index (χ4n) is 2.81. The predicted molar refractivity (Wildman–Crippen MR) is 93.8 cm³/mol. The second kappa shape index (κ2) is 6.83. The number of primary amides is 1. The van der Waals surface area contributed by atoms with E-state index in [0.717, 1.165) is 34.7 Å². The van der Waals surface area contributed by atoms with Gasteiger partial charge in [-0.15, -0.1) is 0 Å². The zero-order chi connectivity index (χ0) is 17.1. The molecule has 0 bridgehead atoms. The zero-order valence-electron chi connectivity index (χ0n) is 14.0. The van der Waals surface area contributed by atoms with Crippen molar-refractivity contribution in [3.8, 4) is 11.5 Å². The monoisotopic (exact) mass is 326 g/mol. The highest BCUT2D eigenvalue weighted by molar-refractivity contribution is 5.94. The Morgan fingerprint density at radius 3 is 2.58 bits per heavy atom. The molecule has 0 spiro atoms. The molecule has 3 rings (SSSR count). The summed E-state index contributed by atoms with van der Waals surface area (Å²) in [5.41, 5.74) is 8.80. The summed E-state index contributed by atoms with van der Waals surface area (Å²) in [5, 5.41) is 3.44. The van der Waals surface area contributed by atoms with Crippen molar-refractivity contribution in [3.05, 3.63) is 53.1 Å². The quantitative estimate of drug-likeness (QED) is 0.903. The van der Waals surface area contributed by atoms with E-state index in [4.69, 9.17) is 15.2 Å². The number of hydrogen-bond donors (Lipinski definition) is 2. The molecule has 1 heterocycles. The summed E-state index contributed by atoms with van der Waals surface area (Å²) in [5.74, 6) is 1.18. The number of rotatable bonds is 4. The zero-order valence-corrected chi connectivity index (χ0v) is 14.0. The highest BCUT2D eigenvalue weighted by Crippen LogP contribution is 2.33. The molecule has 0 aliphatic carbocycles. The standard InChI is InChI=1S/C19H22N2O3/c1-12-10-15(5-6-16(12)19(20)22)21-13(2)14-4-7-17-18(11-14)24-9-3-8-23-17/h4-7,10-11,13,21H,3,8-9H2,1-2H3,(H2,20,22). The van der Waals surface area contributed by atoms with E-state index in [1.165, 1.54) is 0 Å². The maximum Gasteiger partial charge on any atom is 0.248 e. The molecule has 126 valence electrons. The number of fused-ring (bicyclic) bond motifs is 1. The van der Waals surface area contributed by atoms with E-state index in [1.807, 2.05) is 37.3 Å². The van der Waals surface area contributed by atoms with E-state index < -0.39 is 5.91 Å². The topological polar surface area (TPSA) is 73.6 Å². The highest BCUT2D eigenvalue weighted by Gasteiger charge is 2.14. The molecule has 0 radical (unpaired) electrons. The Morgan fingerprint density at radius 2 is 1.88 bits per heavy atom. The third kappa shape index (κ3) is 3.45. The Hall–Kier alpha value is -2.69. The van der Waals surface area contributed by atoms with Crippen molar-refractivity contribution in [2.24, 2.45) is 5.73 Å². The summed E-state index contributed by atoms with van der Waals surface area (Å²) in [7, 11) is 0. The lowest BCUT2D eigenvalue weighted by Crippen LogP contribution is -2.13. The van der Waals surface area contributed by atoms with Gasteiger partial charge in [-0.3, -0.25) is 4.79 Å². The summed E-state index contributed by atoms with van der Waals surface area (Å²) in [4.78, 5) is 11.3. The first-order chi connectivity index (χ1) is 11.5. The van der Waals surface area contributed by atoms with Gasteiger partial charge in [0.05, 0.1) is 13.2 Å². The fraction of sp³-hybridized carbons (Fsp3) is 0.316. The van der Waals surface area contributed by atoms with E-state index >= 15 is 0 Å². The fourth-order valence-corrected chi connectivity index (χ4v) is 2.81. The lowest BCUT2D eigenvalue weighted by molar-refractivity contribution is 0.0999. The molecule has 5 heteroatoms. The van der Waals surface area contributed by atoms with Crippen LogP contribution in [0.3, 0.4) is 0 Å². The van der Waals surface area contributed by atoms with Crippen molar-refractivity contribution in [2.45, 2.75) is 26.3 Å². The van der Waals surface area contributed by atoms with E-state index in [-0.39, 0.29) is 6.04 Å². The molecule has 0 fully saturated rings. The number of hydrogen-bond acceptors (Lipinski definition) is 4. The van der Waals surface area contributed by atoms with Crippen LogP contribution in [0, 0.1) is 6.92 Å². The number of amides is 1. The first kappa shape index (κ1) is 16.2. The van der Waals surface area contributed by atoms with Crippen LogP contribution < -0.4 is 20.5 Å². The third-order valence-corrected chi connectivity index (χ3v) is 4.15. The number of nitrogens with one attached hydrogen (secondary N) is 1. The van der Waals surface area contributed by atoms with Gasteiger partial charge in [-0.05, 0) is 55.3 Å². The summed E-state index contributed by atoms with van der Waals surface area (Å²) in [6.07, 6.45) is 0.892. The first-order valence-corrected chi connectivity index (χ1v) is 8.11. The Kier molecular flexibility index (Phi) is 4.60. The number of benzene rings is 2. The van der Waals surface area contributed by atoms with E-state index in [0.29, 0.717) is 18.8 Å². The van der Waals surface area contributed by atoms with Crippen molar-refractivity contribution < 1.29 is 14.3 Å². The Balaban J connectivity index is 1.77. The maximum absolute atomic E-state index is 11.3. The van der Waals surface area contributed by atoms with Crippen molar-refractivity contribution in [2.75, 3.05) is 18.5 Å². The van der Waals surface area contributed by atoms with E-state index in [2.05, 4.69) is 12.2 Å². The molecular formula is C19H22N2O3. The van der Waals surface area contributed by atoms with Gasteiger partial charge in [0.25, 0.3) is 0 Å². The van der Waals surface area contributed by atoms with E-state index in [9.17, 15) is 4.79 Å². The van der Waals surface area contributed by atoms with E-state index in [1.54, 1.807) is 6.07 Å². The van der Waals surface area contributed by atoms with Crippen molar-refractivity contribution in [3.63, 3.8) is 0 Å². The second-order valence-electron chi connectivity index (χ2n) is 6.02. The van der Waals surface area contributed by atoms with Gasteiger partial charge >= 0.3 is 0 Å². The number of aryl methyl sites for hydroxylation is 1. The van der Waals surface area contributed by atoms with Gasteiger partial charge in [-0.25, -0.2) is 0 Å².